The molecule has 2 aliphatic rings. The number of pyridine rings is 1. The van der Waals surface area contributed by atoms with Gasteiger partial charge in [-0.05, 0) is 53.3 Å². The van der Waals surface area contributed by atoms with Crippen LogP contribution in [0.3, 0.4) is 0 Å². The highest BCUT2D eigenvalue weighted by Gasteiger charge is 2.51. The van der Waals surface area contributed by atoms with Gasteiger partial charge in [0.2, 0.25) is 0 Å². The number of aromatic nitrogens is 1. The van der Waals surface area contributed by atoms with Gasteiger partial charge in [-0.2, -0.15) is 0 Å². The van der Waals surface area contributed by atoms with Crippen LogP contribution in [-0.2, 0) is 16.6 Å². The zero-order chi connectivity index (χ0) is 15.3. The Hall–Kier alpha value is -2.16. The molecule has 1 atom stereocenters. The van der Waals surface area contributed by atoms with Crippen molar-refractivity contribution in [2.24, 2.45) is 0 Å². The first-order chi connectivity index (χ1) is 10.6. The molecule has 1 aromatic carbocycles. The lowest BCUT2D eigenvalue weighted by Gasteiger charge is -2.38. The Morgan fingerprint density at radius 1 is 1.32 bits per heavy atom. The molecule has 0 aliphatic heterocycles. The number of benzene rings is 1. The number of anilines is 1. The van der Waals surface area contributed by atoms with Gasteiger partial charge >= 0.3 is 0 Å². The van der Waals surface area contributed by atoms with Crippen molar-refractivity contribution >= 4 is 11.5 Å². The summed E-state index contributed by atoms with van der Waals surface area (Å²) in [6.45, 7) is 2.17. The number of ketones is 1. The van der Waals surface area contributed by atoms with Crippen molar-refractivity contribution in [1.82, 2.24) is 4.98 Å². The van der Waals surface area contributed by atoms with Gasteiger partial charge in [0.1, 0.15) is 5.78 Å². The normalized spacial score (nSPS) is 19.8. The van der Waals surface area contributed by atoms with Crippen LogP contribution < -0.4 is 5.73 Å². The number of hydrogen-bond donors (Lipinski definition) is 1. The molecule has 1 unspecified atom stereocenters. The van der Waals surface area contributed by atoms with Gasteiger partial charge in [0.25, 0.3) is 0 Å². The van der Waals surface area contributed by atoms with E-state index in [4.69, 9.17) is 5.73 Å². The minimum Gasteiger partial charge on any atom is -0.399 e. The number of hydrogen-bond acceptors (Lipinski definition) is 3. The van der Waals surface area contributed by atoms with Gasteiger partial charge in [-0.25, -0.2) is 0 Å². The Bertz CT molecular complexity index is 748. The molecule has 0 saturated heterocycles. The molecule has 4 rings (SSSR count). The fourth-order valence-corrected chi connectivity index (χ4v) is 4.10. The first-order valence-electron chi connectivity index (χ1n) is 7.98. The molecule has 1 fully saturated rings. The maximum Gasteiger partial charge on any atom is 0.147 e. The zero-order valence-electron chi connectivity index (χ0n) is 12.8. The maximum absolute atomic E-state index is 12.6. The van der Waals surface area contributed by atoms with E-state index in [1.54, 1.807) is 6.20 Å². The Morgan fingerprint density at radius 2 is 2.14 bits per heavy atom. The molecule has 22 heavy (non-hydrogen) atoms. The van der Waals surface area contributed by atoms with E-state index >= 15 is 0 Å². The second kappa shape index (κ2) is 4.67. The fraction of sp³-hybridized carbons (Fsp3) is 0.368. The molecule has 1 saturated carbocycles. The van der Waals surface area contributed by atoms with Crippen molar-refractivity contribution in [3.8, 4) is 0 Å². The third kappa shape index (κ3) is 1.75. The average molecular weight is 292 g/mol. The summed E-state index contributed by atoms with van der Waals surface area (Å²) in [7, 11) is 0. The standard InChI is InChI=1S/C19H20N2O/c1-12(13-4-2-7-21-11-13)15-8-14(20)9-17-16(15)10-18(22)19(17)5-3-6-19/h2,4,7-9,11-12H,3,5-6,10,20H2,1H3. The van der Waals surface area contributed by atoms with Gasteiger partial charge in [0.05, 0.1) is 5.41 Å². The van der Waals surface area contributed by atoms with Crippen LogP contribution in [0.1, 0.15) is 54.4 Å². The number of carbonyl (C=O) groups excluding carboxylic acids is 1. The Morgan fingerprint density at radius 3 is 2.77 bits per heavy atom. The van der Waals surface area contributed by atoms with Gasteiger partial charge in [0.15, 0.2) is 0 Å². The first kappa shape index (κ1) is 13.5. The number of nitrogens with zero attached hydrogens (tertiary/aromatic N) is 1. The van der Waals surface area contributed by atoms with Crippen LogP contribution in [0.15, 0.2) is 36.7 Å². The molecule has 2 aliphatic carbocycles. The largest absolute Gasteiger partial charge is 0.399 e. The van der Waals surface area contributed by atoms with Crippen molar-refractivity contribution in [3.05, 3.63) is 58.9 Å². The summed E-state index contributed by atoms with van der Waals surface area (Å²) in [6.07, 6.45) is 7.37. The van der Waals surface area contributed by atoms with Crippen LogP contribution >= 0.6 is 0 Å². The number of nitrogen functional groups attached to an aromatic ring is 1. The van der Waals surface area contributed by atoms with Crippen molar-refractivity contribution in [3.63, 3.8) is 0 Å². The molecule has 0 amide bonds. The smallest absolute Gasteiger partial charge is 0.147 e. The summed E-state index contributed by atoms with van der Waals surface area (Å²) in [6, 6.07) is 8.13. The Balaban J connectivity index is 1.86. The van der Waals surface area contributed by atoms with Crippen molar-refractivity contribution in [2.45, 2.75) is 43.9 Å². The number of Topliss-reactive ketones (excluding diaryl/α,β-unsaturated/α-hetero) is 1. The van der Waals surface area contributed by atoms with E-state index in [9.17, 15) is 4.79 Å². The second-order valence-corrected chi connectivity index (χ2v) is 6.68. The molecule has 2 aromatic rings. The topological polar surface area (TPSA) is 56.0 Å². The van der Waals surface area contributed by atoms with Crippen molar-refractivity contribution < 1.29 is 4.79 Å². The molecule has 0 radical (unpaired) electrons. The number of nitrogens with two attached hydrogens (primary N) is 1. The third-order valence-corrected chi connectivity index (χ3v) is 5.55. The van der Waals surface area contributed by atoms with E-state index in [2.05, 4.69) is 18.0 Å². The van der Waals surface area contributed by atoms with E-state index in [0.29, 0.717) is 12.2 Å². The summed E-state index contributed by atoms with van der Waals surface area (Å²) >= 11 is 0. The lowest BCUT2D eigenvalue weighted by Crippen LogP contribution is -2.39. The Kier molecular flexibility index (Phi) is 2.86. The van der Waals surface area contributed by atoms with Gasteiger partial charge in [-0.1, -0.05) is 19.4 Å². The van der Waals surface area contributed by atoms with E-state index < -0.39 is 0 Å². The molecule has 1 heterocycles. The molecule has 1 spiro atoms. The molecular formula is C19H20N2O. The Labute approximate surface area is 130 Å². The monoisotopic (exact) mass is 292 g/mol. The predicted octanol–water partition coefficient (Wildman–Crippen LogP) is 3.36. The lowest BCUT2D eigenvalue weighted by atomic mass is 9.64. The molecular weight excluding hydrogens is 272 g/mol. The van der Waals surface area contributed by atoms with Gasteiger partial charge in [0, 0.05) is 30.4 Å². The van der Waals surface area contributed by atoms with Crippen LogP contribution in [0.4, 0.5) is 5.69 Å². The molecule has 1 aromatic heterocycles. The molecule has 112 valence electrons. The fourth-order valence-electron chi connectivity index (χ4n) is 4.10. The number of fused-ring (bicyclic) bond motifs is 2. The van der Waals surface area contributed by atoms with E-state index in [1.165, 1.54) is 16.7 Å². The molecule has 3 nitrogen and oxygen atoms in total. The highest BCUT2D eigenvalue weighted by molar-refractivity contribution is 5.98. The van der Waals surface area contributed by atoms with Crippen molar-refractivity contribution in [1.29, 1.82) is 0 Å². The van der Waals surface area contributed by atoms with Crippen LogP contribution in [0.2, 0.25) is 0 Å². The summed E-state index contributed by atoms with van der Waals surface area (Å²) in [4.78, 5) is 16.8. The third-order valence-electron chi connectivity index (χ3n) is 5.55. The lowest BCUT2D eigenvalue weighted by molar-refractivity contribution is -0.125. The summed E-state index contributed by atoms with van der Waals surface area (Å²) in [5, 5.41) is 0. The van der Waals surface area contributed by atoms with Crippen LogP contribution in [-0.4, -0.2) is 10.8 Å². The van der Waals surface area contributed by atoms with Gasteiger partial charge in [-0.3, -0.25) is 9.78 Å². The number of carbonyl (C=O) groups is 1. The van der Waals surface area contributed by atoms with Gasteiger partial charge in [-0.15, -0.1) is 0 Å². The zero-order valence-corrected chi connectivity index (χ0v) is 12.8. The number of rotatable bonds is 2. The molecule has 3 heteroatoms. The van der Waals surface area contributed by atoms with E-state index in [1.807, 2.05) is 24.4 Å². The quantitative estimate of drug-likeness (QED) is 0.863. The minimum absolute atomic E-state index is 0.203. The summed E-state index contributed by atoms with van der Waals surface area (Å²) in [5.41, 5.74) is 11.5. The molecule has 2 N–H and O–H groups in total. The first-order valence-corrected chi connectivity index (χ1v) is 7.98. The van der Waals surface area contributed by atoms with E-state index in [-0.39, 0.29) is 11.3 Å². The van der Waals surface area contributed by atoms with Crippen LogP contribution in [0.25, 0.3) is 0 Å². The van der Waals surface area contributed by atoms with Crippen LogP contribution in [0.5, 0.6) is 0 Å². The second-order valence-electron chi connectivity index (χ2n) is 6.68. The van der Waals surface area contributed by atoms with Crippen LogP contribution in [0, 0.1) is 0 Å². The minimum atomic E-state index is -0.214. The highest BCUT2D eigenvalue weighted by Crippen LogP contribution is 2.52. The SMILES string of the molecule is CC(c1cccnc1)c1cc(N)cc2c1CC(=O)C21CCC1. The predicted molar refractivity (Wildman–Crippen MR) is 86.8 cm³/mol. The summed E-state index contributed by atoms with van der Waals surface area (Å²) in [5.74, 6) is 0.591. The highest BCUT2D eigenvalue weighted by atomic mass is 16.1. The molecule has 0 bridgehead atoms. The van der Waals surface area contributed by atoms with E-state index in [0.717, 1.165) is 30.5 Å². The maximum atomic E-state index is 12.6. The van der Waals surface area contributed by atoms with Crippen molar-refractivity contribution in [2.75, 3.05) is 5.73 Å². The summed E-state index contributed by atoms with van der Waals surface area (Å²) < 4.78 is 0. The van der Waals surface area contributed by atoms with Gasteiger partial charge < -0.3 is 5.73 Å². The average Bonchev–Trinajstić information content (AvgIpc) is 2.78.